The highest BCUT2D eigenvalue weighted by molar-refractivity contribution is 5.96. The molecule has 0 saturated heterocycles. The lowest BCUT2D eigenvalue weighted by molar-refractivity contribution is 0.0687. The molecular formula is C19H12F2N2O2. The van der Waals surface area contributed by atoms with Crippen LogP contribution in [0.5, 0.6) is 0 Å². The van der Waals surface area contributed by atoms with Crippen molar-refractivity contribution in [3.05, 3.63) is 71.6 Å². The number of nitrogens with zero attached hydrogens (tertiary/aromatic N) is 2. The van der Waals surface area contributed by atoms with Gasteiger partial charge in [0.25, 0.3) is 0 Å². The highest BCUT2D eigenvalue weighted by Crippen LogP contribution is 2.31. The Morgan fingerprint density at radius 2 is 1.60 bits per heavy atom. The Bertz CT molecular complexity index is 995. The lowest BCUT2D eigenvalue weighted by Gasteiger charge is -2.07. The van der Waals surface area contributed by atoms with Gasteiger partial charge in [-0.15, -0.1) is 0 Å². The Hall–Kier alpha value is -3.46. The van der Waals surface area contributed by atoms with Crippen LogP contribution in [-0.2, 0) is 7.05 Å². The Kier molecular flexibility index (Phi) is 4.07. The van der Waals surface area contributed by atoms with Crippen LogP contribution in [0.2, 0.25) is 0 Å². The van der Waals surface area contributed by atoms with E-state index in [0.717, 1.165) is 6.07 Å². The second-order valence-corrected chi connectivity index (χ2v) is 5.53. The van der Waals surface area contributed by atoms with Gasteiger partial charge in [0, 0.05) is 24.9 Å². The van der Waals surface area contributed by atoms with E-state index in [4.69, 9.17) is 0 Å². The summed E-state index contributed by atoms with van der Waals surface area (Å²) in [7, 11) is 1.55. The van der Waals surface area contributed by atoms with E-state index in [2.05, 4.69) is 0 Å². The number of halogens is 2. The molecule has 4 nitrogen and oxygen atoms in total. The third-order valence-corrected chi connectivity index (χ3v) is 3.87. The highest BCUT2D eigenvalue weighted by Gasteiger charge is 2.21. The van der Waals surface area contributed by atoms with E-state index in [0.29, 0.717) is 22.3 Å². The first-order valence-electron chi connectivity index (χ1n) is 7.30. The molecule has 1 aromatic heterocycles. The molecule has 0 unspecified atom stereocenters. The Morgan fingerprint density at radius 3 is 2.12 bits per heavy atom. The van der Waals surface area contributed by atoms with Crippen LogP contribution in [0.25, 0.3) is 22.3 Å². The van der Waals surface area contributed by atoms with Gasteiger partial charge < -0.3 is 9.67 Å². The van der Waals surface area contributed by atoms with Crippen molar-refractivity contribution in [1.29, 1.82) is 5.26 Å². The summed E-state index contributed by atoms with van der Waals surface area (Å²) >= 11 is 0. The zero-order valence-corrected chi connectivity index (χ0v) is 13.1. The van der Waals surface area contributed by atoms with Gasteiger partial charge in [0.1, 0.15) is 23.4 Å². The molecule has 0 bridgehead atoms. The van der Waals surface area contributed by atoms with Crippen LogP contribution in [0.15, 0.2) is 48.7 Å². The maximum Gasteiger partial charge on any atom is 0.353 e. The first-order chi connectivity index (χ1) is 11.9. The molecule has 0 aliphatic carbocycles. The van der Waals surface area contributed by atoms with E-state index in [-0.39, 0.29) is 11.3 Å². The minimum absolute atomic E-state index is 0.00102. The lowest BCUT2D eigenvalue weighted by atomic mass is 9.98. The molecule has 0 saturated carbocycles. The number of aryl methyl sites for hydroxylation is 1. The monoisotopic (exact) mass is 338 g/mol. The van der Waals surface area contributed by atoms with Crippen LogP contribution in [0.1, 0.15) is 16.1 Å². The average Bonchev–Trinajstić information content (AvgIpc) is 2.90. The van der Waals surface area contributed by atoms with Crippen molar-refractivity contribution >= 4 is 5.97 Å². The van der Waals surface area contributed by atoms with Crippen LogP contribution >= 0.6 is 0 Å². The quantitative estimate of drug-likeness (QED) is 0.778. The van der Waals surface area contributed by atoms with E-state index in [1.54, 1.807) is 31.3 Å². The van der Waals surface area contributed by atoms with Gasteiger partial charge in [0.2, 0.25) is 0 Å². The molecule has 25 heavy (non-hydrogen) atoms. The van der Waals surface area contributed by atoms with Gasteiger partial charge in [-0.2, -0.15) is 5.26 Å². The van der Waals surface area contributed by atoms with Gasteiger partial charge in [0.05, 0.1) is 5.56 Å². The summed E-state index contributed by atoms with van der Waals surface area (Å²) in [5.74, 6) is -2.50. The molecule has 0 amide bonds. The summed E-state index contributed by atoms with van der Waals surface area (Å²) in [5.41, 5.74) is 2.04. The normalized spacial score (nSPS) is 10.5. The standard InChI is InChI=1S/C19H12F2N2O2/c1-23-10-14(9-22)17(18(23)19(24)25)12-4-2-11(3-5-12)13-6-15(20)8-16(21)7-13/h2-8,10H,1H3,(H,24,25). The predicted octanol–water partition coefficient (Wildman–Crippen LogP) is 4.21. The van der Waals surface area contributed by atoms with Crippen molar-refractivity contribution in [3.63, 3.8) is 0 Å². The summed E-state index contributed by atoms with van der Waals surface area (Å²) < 4.78 is 28.1. The lowest BCUT2D eigenvalue weighted by Crippen LogP contribution is -2.05. The molecule has 3 aromatic rings. The van der Waals surface area contributed by atoms with Gasteiger partial charge in [-0.3, -0.25) is 0 Å². The maximum absolute atomic E-state index is 13.4. The van der Waals surface area contributed by atoms with Crippen molar-refractivity contribution in [3.8, 4) is 28.3 Å². The Morgan fingerprint density at radius 1 is 1.04 bits per heavy atom. The zero-order valence-electron chi connectivity index (χ0n) is 13.1. The van der Waals surface area contributed by atoms with Gasteiger partial charge in [0.15, 0.2) is 0 Å². The van der Waals surface area contributed by atoms with Crippen LogP contribution in [0.3, 0.4) is 0 Å². The number of aromatic carboxylic acids is 1. The summed E-state index contributed by atoms with van der Waals surface area (Å²) in [6, 6.07) is 11.7. The smallest absolute Gasteiger partial charge is 0.353 e. The fraction of sp³-hybridized carbons (Fsp3) is 0.0526. The van der Waals surface area contributed by atoms with E-state index in [1.165, 1.54) is 22.9 Å². The summed E-state index contributed by atoms with van der Waals surface area (Å²) in [6.07, 6.45) is 1.45. The van der Waals surface area contributed by atoms with E-state index >= 15 is 0 Å². The number of aromatic nitrogens is 1. The zero-order chi connectivity index (χ0) is 18.1. The molecule has 0 atom stereocenters. The molecule has 0 fully saturated rings. The van der Waals surface area contributed by atoms with Crippen LogP contribution in [0, 0.1) is 23.0 Å². The number of rotatable bonds is 3. The van der Waals surface area contributed by atoms with Crippen LogP contribution < -0.4 is 0 Å². The second kappa shape index (κ2) is 6.21. The summed E-state index contributed by atoms with van der Waals surface area (Å²) in [4.78, 5) is 11.5. The van der Waals surface area contributed by atoms with E-state index in [9.17, 15) is 23.9 Å². The average molecular weight is 338 g/mol. The second-order valence-electron chi connectivity index (χ2n) is 5.53. The van der Waals surface area contributed by atoms with Crippen molar-refractivity contribution < 1.29 is 18.7 Å². The third-order valence-electron chi connectivity index (χ3n) is 3.87. The number of carboxylic acid groups (broad SMARTS) is 1. The number of nitriles is 1. The van der Waals surface area contributed by atoms with Crippen molar-refractivity contribution in [2.45, 2.75) is 0 Å². The van der Waals surface area contributed by atoms with Crippen LogP contribution in [-0.4, -0.2) is 15.6 Å². The van der Waals surface area contributed by atoms with E-state index < -0.39 is 17.6 Å². The van der Waals surface area contributed by atoms with Gasteiger partial charge in [-0.1, -0.05) is 24.3 Å². The first kappa shape index (κ1) is 16.4. The molecule has 0 aliphatic heterocycles. The van der Waals surface area contributed by atoms with Gasteiger partial charge in [-0.05, 0) is 28.8 Å². The summed E-state index contributed by atoms with van der Waals surface area (Å²) in [6.45, 7) is 0. The van der Waals surface area contributed by atoms with Crippen molar-refractivity contribution in [2.75, 3.05) is 0 Å². The number of carboxylic acids is 1. The van der Waals surface area contributed by atoms with Gasteiger partial charge >= 0.3 is 5.97 Å². The molecule has 1 N–H and O–H groups in total. The number of carbonyl (C=O) groups is 1. The minimum atomic E-state index is -1.14. The molecule has 3 rings (SSSR count). The Balaban J connectivity index is 2.10. The largest absolute Gasteiger partial charge is 0.477 e. The molecule has 0 spiro atoms. The topological polar surface area (TPSA) is 66.0 Å². The minimum Gasteiger partial charge on any atom is -0.477 e. The SMILES string of the molecule is Cn1cc(C#N)c(-c2ccc(-c3cc(F)cc(F)c3)cc2)c1C(=O)O. The first-order valence-corrected chi connectivity index (χ1v) is 7.30. The fourth-order valence-corrected chi connectivity index (χ4v) is 2.81. The predicted molar refractivity (Wildman–Crippen MR) is 87.9 cm³/mol. The molecule has 1 heterocycles. The molecule has 0 radical (unpaired) electrons. The van der Waals surface area contributed by atoms with Crippen molar-refractivity contribution in [2.24, 2.45) is 7.05 Å². The molecule has 0 aliphatic rings. The molecule has 6 heteroatoms. The molecule has 124 valence electrons. The fourth-order valence-electron chi connectivity index (χ4n) is 2.81. The maximum atomic E-state index is 13.4. The van der Waals surface area contributed by atoms with Gasteiger partial charge in [-0.25, -0.2) is 13.6 Å². The number of benzene rings is 2. The third kappa shape index (κ3) is 3.00. The molecule has 2 aromatic carbocycles. The molecular weight excluding hydrogens is 326 g/mol. The summed E-state index contributed by atoms with van der Waals surface area (Å²) in [5, 5.41) is 18.7. The highest BCUT2D eigenvalue weighted by atomic mass is 19.1. The number of hydrogen-bond donors (Lipinski definition) is 1. The number of hydrogen-bond acceptors (Lipinski definition) is 2. The van der Waals surface area contributed by atoms with Crippen LogP contribution in [0.4, 0.5) is 8.78 Å². The van der Waals surface area contributed by atoms with E-state index in [1.807, 2.05) is 6.07 Å². The van der Waals surface area contributed by atoms with Crippen molar-refractivity contribution in [1.82, 2.24) is 4.57 Å². The Labute approximate surface area is 142 Å².